The van der Waals surface area contributed by atoms with Gasteiger partial charge in [-0.2, -0.15) is 0 Å². The van der Waals surface area contributed by atoms with E-state index in [0.29, 0.717) is 16.5 Å². The van der Waals surface area contributed by atoms with E-state index in [4.69, 9.17) is 22.4 Å². The minimum Gasteiger partial charge on any atom is -0.476 e. The highest BCUT2D eigenvalue weighted by Gasteiger charge is 2.16. The zero-order chi connectivity index (χ0) is 12.4. The molecule has 1 aromatic heterocycles. The van der Waals surface area contributed by atoms with Crippen LogP contribution in [0.3, 0.4) is 0 Å². The highest BCUT2D eigenvalue weighted by Crippen LogP contribution is 2.20. The second-order valence-electron chi connectivity index (χ2n) is 3.43. The monoisotopic (exact) mass is 251 g/mol. The van der Waals surface area contributed by atoms with Crippen LogP contribution in [0.2, 0.25) is 5.02 Å². The van der Waals surface area contributed by atoms with Gasteiger partial charge in [0.25, 0.3) is 0 Å². The van der Waals surface area contributed by atoms with Crippen molar-refractivity contribution in [3.63, 3.8) is 0 Å². The third kappa shape index (κ3) is 2.30. The summed E-state index contributed by atoms with van der Waals surface area (Å²) in [6, 6.07) is 6.93. The van der Waals surface area contributed by atoms with E-state index in [-0.39, 0.29) is 12.2 Å². The maximum Gasteiger partial charge on any atom is 0.356 e. The SMILES string of the molecule is NCc1[nH]c(-c2ccc(Cl)cc2)nc1C(=O)O. The van der Waals surface area contributed by atoms with Crippen molar-refractivity contribution in [2.45, 2.75) is 6.54 Å². The maximum atomic E-state index is 10.9. The van der Waals surface area contributed by atoms with Gasteiger partial charge in [0, 0.05) is 17.1 Å². The topological polar surface area (TPSA) is 92.0 Å². The highest BCUT2D eigenvalue weighted by molar-refractivity contribution is 6.30. The number of halogens is 1. The molecule has 0 saturated heterocycles. The Kier molecular flexibility index (Phi) is 3.12. The molecule has 0 fully saturated rings. The molecule has 0 aliphatic carbocycles. The van der Waals surface area contributed by atoms with Crippen molar-refractivity contribution >= 4 is 17.6 Å². The molecule has 0 bridgehead atoms. The molecule has 5 nitrogen and oxygen atoms in total. The maximum absolute atomic E-state index is 10.9. The lowest BCUT2D eigenvalue weighted by Crippen LogP contribution is -2.06. The molecular weight excluding hydrogens is 242 g/mol. The van der Waals surface area contributed by atoms with Gasteiger partial charge in [0.05, 0.1) is 5.69 Å². The molecule has 2 aromatic rings. The van der Waals surface area contributed by atoms with Gasteiger partial charge in [-0.3, -0.25) is 0 Å². The van der Waals surface area contributed by atoms with Crippen LogP contribution in [0.25, 0.3) is 11.4 Å². The van der Waals surface area contributed by atoms with Gasteiger partial charge in [0.15, 0.2) is 5.69 Å². The lowest BCUT2D eigenvalue weighted by molar-refractivity contribution is 0.0690. The number of carbonyl (C=O) groups is 1. The second-order valence-corrected chi connectivity index (χ2v) is 3.87. The number of aromatic nitrogens is 2. The molecule has 1 aromatic carbocycles. The first kappa shape index (κ1) is 11.6. The molecule has 0 amide bonds. The van der Waals surface area contributed by atoms with Gasteiger partial charge in [-0.05, 0) is 24.3 Å². The summed E-state index contributed by atoms with van der Waals surface area (Å²) in [6.07, 6.45) is 0. The molecule has 2 rings (SSSR count). The number of nitrogens with one attached hydrogen (secondary N) is 1. The van der Waals surface area contributed by atoms with Crippen LogP contribution >= 0.6 is 11.6 Å². The number of aromatic carboxylic acids is 1. The number of benzene rings is 1. The first-order valence-corrected chi connectivity index (χ1v) is 5.28. The predicted octanol–water partition coefficient (Wildman–Crippen LogP) is 1.89. The van der Waals surface area contributed by atoms with E-state index in [2.05, 4.69) is 9.97 Å². The van der Waals surface area contributed by atoms with Crippen molar-refractivity contribution in [3.05, 3.63) is 40.7 Å². The van der Waals surface area contributed by atoms with Crippen LogP contribution in [0.5, 0.6) is 0 Å². The van der Waals surface area contributed by atoms with E-state index in [1.54, 1.807) is 24.3 Å². The number of nitrogens with two attached hydrogens (primary N) is 1. The molecule has 0 atom stereocenters. The third-order valence-electron chi connectivity index (χ3n) is 2.30. The smallest absolute Gasteiger partial charge is 0.356 e. The molecule has 88 valence electrons. The van der Waals surface area contributed by atoms with Gasteiger partial charge in [0.1, 0.15) is 5.82 Å². The lowest BCUT2D eigenvalue weighted by atomic mass is 10.2. The van der Waals surface area contributed by atoms with E-state index in [0.717, 1.165) is 5.56 Å². The standard InChI is InChI=1S/C11H10ClN3O2/c12-7-3-1-6(2-4-7)10-14-8(5-13)9(15-10)11(16)17/h1-4H,5,13H2,(H,14,15)(H,16,17). The summed E-state index contributed by atoms with van der Waals surface area (Å²) in [6.45, 7) is 0.0994. The molecule has 6 heteroatoms. The number of H-pyrrole nitrogens is 1. The molecule has 0 aliphatic rings. The van der Waals surface area contributed by atoms with Gasteiger partial charge in [0.2, 0.25) is 0 Å². The van der Waals surface area contributed by atoms with Gasteiger partial charge in [-0.25, -0.2) is 9.78 Å². The van der Waals surface area contributed by atoms with E-state index in [9.17, 15) is 4.79 Å². The summed E-state index contributed by atoms with van der Waals surface area (Å²) >= 11 is 5.77. The molecular formula is C11H10ClN3O2. The van der Waals surface area contributed by atoms with Crippen LogP contribution in [-0.2, 0) is 6.54 Å². The molecule has 0 spiro atoms. The van der Waals surface area contributed by atoms with Crippen molar-refractivity contribution in [1.82, 2.24) is 9.97 Å². The normalized spacial score (nSPS) is 10.5. The zero-order valence-corrected chi connectivity index (χ0v) is 9.53. The van der Waals surface area contributed by atoms with Gasteiger partial charge < -0.3 is 15.8 Å². The summed E-state index contributed by atoms with van der Waals surface area (Å²) in [5.41, 5.74) is 6.57. The molecule has 4 N–H and O–H groups in total. The Balaban J connectivity index is 2.46. The second kappa shape index (κ2) is 4.57. The van der Waals surface area contributed by atoms with Crippen molar-refractivity contribution < 1.29 is 9.90 Å². The van der Waals surface area contributed by atoms with E-state index < -0.39 is 5.97 Å². The number of rotatable bonds is 3. The highest BCUT2D eigenvalue weighted by atomic mass is 35.5. The van der Waals surface area contributed by atoms with Crippen molar-refractivity contribution in [1.29, 1.82) is 0 Å². The van der Waals surface area contributed by atoms with E-state index >= 15 is 0 Å². The molecule has 0 aliphatic heterocycles. The average molecular weight is 252 g/mol. The number of hydrogen-bond acceptors (Lipinski definition) is 3. The minimum atomic E-state index is -1.10. The summed E-state index contributed by atoms with van der Waals surface area (Å²) in [5, 5.41) is 9.55. The Morgan fingerprint density at radius 2 is 2.06 bits per heavy atom. The molecule has 17 heavy (non-hydrogen) atoms. The van der Waals surface area contributed by atoms with Crippen LogP contribution in [-0.4, -0.2) is 21.0 Å². The minimum absolute atomic E-state index is 0.0440. The Bertz CT molecular complexity index is 548. The number of carboxylic acids is 1. The largest absolute Gasteiger partial charge is 0.476 e. The Morgan fingerprint density at radius 3 is 2.53 bits per heavy atom. The lowest BCUT2D eigenvalue weighted by Gasteiger charge is -1.96. The van der Waals surface area contributed by atoms with E-state index in [1.807, 2.05) is 0 Å². The third-order valence-corrected chi connectivity index (χ3v) is 2.56. The number of imidazole rings is 1. The molecule has 1 heterocycles. The molecule has 0 saturated carbocycles. The zero-order valence-electron chi connectivity index (χ0n) is 8.77. The Hall–Kier alpha value is -1.85. The fraction of sp³-hybridized carbons (Fsp3) is 0.0909. The number of carboxylic acid groups (broad SMARTS) is 1. The summed E-state index contributed by atoms with van der Waals surface area (Å²) < 4.78 is 0. The summed E-state index contributed by atoms with van der Waals surface area (Å²) in [5.74, 6) is -0.624. The van der Waals surface area contributed by atoms with Crippen LogP contribution in [0.4, 0.5) is 0 Å². The number of nitrogens with zero attached hydrogens (tertiary/aromatic N) is 1. The van der Waals surface area contributed by atoms with Crippen LogP contribution in [0, 0.1) is 0 Å². The van der Waals surface area contributed by atoms with Gasteiger partial charge in [-0.15, -0.1) is 0 Å². The van der Waals surface area contributed by atoms with Crippen LogP contribution in [0.1, 0.15) is 16.2 Å². The van der Waals surface area contributed by atoms with Crippen LogP contribution in [0.15, 0.2) is 24.3 Å². The predicted molar refractivity (Wildman–Crippen MR) is 63.9 cm³/mol. The quantitative estimate of drug-likeness (QED) is 0.777. The fourth-order valence-corrected chi connectivity index (χ4v) is 1.60. The summed E-state index contributed by atoms with van der Waals surface area (Å²) in [7, 11) is 0. The van der Waals surface area contributed by atoms with Crippen molar-refractivity contribution in [2.24, 2.45) is 5.73 Å². The van der Waals surface area contributed by atoms with Gasteiger partial charge in [-0.1, -0.05) is 11.6 Å². The number of hydrogen-bond donors (Lipinski definition) is 3. The van der Waals surface area contributed by atoms with Crippen LogP contribution < -0.4 is 5.73 Å². The first-order valence-electron chi connectivity index (χ1n) is 4.90. The number of aromatic amines is 1. The molecule has 0 radical (unpaired) electrons. The van der Waals surface area contributed by atoms with Crippen molar-refractivity contribution in [2.75, 3.05) is 0 Å². The Labute approximate surface area is 102 Å². The van der Waals surface area contributed by atoms with E-state index in [1.165, 1.54) is 0 Å². The Morgan fingerprint density at radius 1 is 1.41 bits per heavy atom. The van der Waals surface area contributed by atoms with Gasteiger partial charge >= 0.3 is 5.97 Å². The van der Waals surface area contributed by atoms with Crippen molar-refractivity contribution in [3.8, 4) is 11.4 Å². The first-order chi connectivity index (χ1) is 8.11. The average Bonchev–Trinajstić information content (AvgIpc) is 2.74. The fourth-order valence-electron chi connectivity index (χ4n) is 1.48. The summed E-state index contributed by atoms with van der Waals surface area (Å²) in [4.78, 5) is 17.8. The molecule has 0 unspecified atom stereocenters.